The molecule has 2 aromatic rings. The quantitative estimate of drug-likeness (QED) is 0.778. The molecular weight excluding hydrogens is 340 g/mol. The number of carbonyl (C=O) groups is 1. The van der Waals surface area contributed by atoms with Gasteiger partial charge >= 0.3 is 0 Å². The molecule has 2 rings (SSSR count). The molecule has 2 aromatic carbocycles. The lowest BCUT2D eigenvalue weighted by Gasteiger charge is -2.13. The maximum Gasteiger partial charge on any atom is 0.259 e. The van der Waals surface area contributed by atoms with Crippen LogP contribution in [0, 0.1) is 13.8 Å². The fraction of sp³-hybridized carbons (Fsp3) is 0.133. The fourth-order valence-electron chi connectivity index (χ4n) is 2.03. The third kappa shape index (κ3) is 2.97. The van der Waals surface area contributed by atoms with Gasteiger partial charge in [-0.3, -0.25) is 4.79 Å². The van der Waals surface area contributed by atoms with Gasteiger partial charge in [0.05, 0.1) is 16.3 Å². The smallest absolute Gasteiger partial charge is 0.259 e. The number of hydrogen-bond donors (Lipinski definition) is 2. The Morgan fingerprint density at radius 1 is 1.30 bits per heavy atom. The van der Waals surface area contributed by atoms with Crippen molar-refractivity contribution in [3.05, 3.63) is 56.5 Å². The van der Waals surface area contributed by atoms with Crippen LogP contribution in [0.4, 0.5) is 11.4 Å². The molecule has 0 fully saturated rings. The van der Waals surface area contributed by atoms with Crippen molar-refractivity contribution in [2.75, 3.05) is 11.1 Å². The summed E-state index contributed by atoms with van der Waals surface area (Å²) >= 11 is 9.50. The van der Waals surface area contributed by atoms with Crippen LogP contribution < -0.4 is 11.1 Å². The van der Waals surface area contributed by atoms with E-state index < -0.39 is 0 Å². The Bertz CT molecular complexity index is 642. The first-order chi connectivity index (χ1) is 9.40. The van der Waals surface area contributed by atoms with Crippen molar-refractivity contribution in [3.63, 3.8) is 0 Å². The summed E-state index contributed by atoms with van der Waals surface area (Å²) in [6.07, 6.45) is 0. The molecule has 0 bridgehead atoms. The highest BCUT2D eigenvalue weighted by atomic mass is 79.9. The highest BCUT2D eigenvalue weighted by Crippen LogP contribution is 2.30. The number of rotatable bonds is 2. The summed E-state index contributed by atoms with van der Waals surface area (Å²) in [5, 5.41) is 3.19. The standard InChI is InChI=1S/C15H14BrClN2O/c1-8-6-9(2)14(10(16)7-8)19-15(20)13-11(17)4-3-5-12(13)18/h3-7H,18H2,1-2H3,(H,19,20). The average Bonchev–Trinajstić information content (AvgIpc) is 2.33. The SMILES string of the molecule is Cc1cc(C)c(NC(=O)c2c(N)cccc2Cl)c(Br)c1. The Kier molecular flexibility index (Phi) is 4.35. The normalized spacial score (nSPS) is 10.4. The molecule has 104 valence electrons. The van der Waals surface area contributed by atoms with Crippen LogP contribution in [0.25, 0.3) is 0 Å². The Hall–Kier alpha value is -1.52. The predicted octanol–water partition coefficient (Wildman–Crippen LogP) is 4.55. The van der Waals surface area contributed by atoms with Gasteiger partial charge in [0, 0.05) is 10.2 Å². The van der Waals surface area contributed by atoms with Gasteiger partial charge in [0.2, 0.25) is 0 Å². The Morgan fingerprint density at radius 3 is 2.60 bits per heavy atom. The lowest BCUT2D eigenvalue weighted by Crippen LogP contribution is -2.15. The van der Waals surface area contributed by atoms with Crippen LogP contribution >= 0.6 is 27.5 Å². The highest BCUT2D eigenvalue weighted by Gasteiger charge is 2.16. The first-order valence-electron chi connectivity index (χ1n) is 6.02. The van der Waals surface area contributed by atoms with Gasteiger partial charge < -0.3 is 11.1 Å². The first kappa shape index (κ1) is 14.9. The van der Waals surface area contributed by atoms with Crippen LogP contribution in [0.15, 0.2) is 34.8 Å². The molecule has 0 heterocycles. The van der Waals surface area contributed by atoms with Gasteiger partial charge in [0.1, 0.15) is 0 Å². The van der Waals surface area contributed by atoms with Gasteiger partial charge in [0.15, 0.2) is 0 Å². The summed E-state index contributed by atoms with van der Waals surface area (Å²) < 4.78 is 0.828. The molecule has 1 amide bonds. The minimum Gasteiger partial charge on any atom is -0.398 e. The minimum atomic E-state index is -0.319. The summed E-state index contributed by atoms with van der Waals surface area (Å²) in [5.74, 6) is -0.319. The summed E-state index contributed by atoms with van der Waals surface area (Å²) in [4.78, 5) is 12.3. The number of benzene rings is 2. The number of nitrogen functional groups attached to an aromatic ring is 1. The van der Waals surface area contributed by atoms with Crippen molar-refractivity contribution in [1.82, 2.24) is 0 Å². The van der Waals surface area contributed by atoms with Gasteiger partial charge in [-0.15, -0.1) is 0 Å². The van der Waals surface area contributed by atoms with Crippen LogP contribution in [0.3, 0.4) is 0 Å². The van der Waals surface area contributed by atoms with E-state index in [0.717, 1.165) is 21.3 Å². The van der Waals surface area contributed by atoms with E-state index in [0.29, 0.717) is 16.3 Å². The summed E-state index contributed by atoms with van der Waals surface area (Å²) in [6, 6.07) is 8.94. The largest absolute Gasteiger partial charge is 0.398 e. The summed E-state index contributed by atoms with van der Waals surface area (Å²) in [7, 11) is 0. The van der Waals surface area contributed by atoms with Crippen LogP contribution in [-0.4, -0.2) is 5.91 Å². The maximum absolute atomic E-state index is 12.3. The fourth-order valence-corrected chi connectivity index (χ4v) is 3.07. The third-order valence-electron chi connectivity index (χ3n) is 2.94. The molecule has 0 atom stereocenters. The van der Waals surface area contributed by atoms with E-state index in [4.69, 9.17) is 17.3 Å². The summed E-state index contributed by atoms with van der Waals surface area (Å²) in [6.45, 7) is 3.93. The molecule has 0 spiro atoms. The third-order valence-corrected chi connectivity index (χ3v) is 3.88. The molecule has 5 heteroatoms. The molecule has 0 aliphatic carbocycles. The van der Waals surface area contributed by atoms with Crippen molar-refractivity contribution >= 4 is 44.8 Å². The Labute approximate surface area is 131 Å². The lowest BCUT2D eigenvalue weighted by atomic mass is 10.1. The van der Waals surface area contributed by atoms with E-state index in [1.54, 1.807) is 18.2 Å². The topological polar surface area (TPSA) is 55.1 Å². The lowest BCUT2D eigenvalue weighted by molar-refractivity contribution is 0.102. The van der Waals surface area contributed by atoms with E-state index in [1.807, 2.05) is 26.0 Å². The number of nitrogens with two attached hydrogens (primary N) is 1. The molecule has 0 aliphatic rings. The molecule has 0 unspecified atom stereocenters. The highest BCUT2D eigenvalue weighted by molar-refractivity contribution is 9.10. The van der Waals surface area contributed by atoms with Crippen LogP contribution in [0.2, 0.25) is 5.02 Å². The molecule has 20 heavy (non-hydrogen) atoms. The second-order valence-electron chi connectivity index (χ2n) is 4.60. The van der Waals surface area contributed by atoms with Gasteiger partial charge in [0.25, 0.3) is 5.91 Å². The van der Waals surface area contributed by atoms with Crippen molar-refractivity contribution in [3.8, 4) is 0 Å². The zero-order chi connectivity index (χ0) is 14.9. The Morgan fingerprint density at radius 2 is 2.00 bits per heavy atom. The molecule has 0 aliphatic heterocycles. The van der Waals surface area contributed by atoms with Gasteiger partial charge in [-0.2, -0.15) is 0 Å². The molecule has 0 radical (unpaired) electrons. The number of hydrogen-bond acceptors (Lipinski definition) is 2. The van der Waals surface area contributed by atoms with Crippen molar-refractivity contribution < 1.29 is 4.79 Å². The number of amides is 1. The number of anilines is 2. The van der Waals surface area contributed by atoms with Crippen LogP contribution in [0.1, 0.15) is 21.5 Å². The number of nitrogens with one attached hydrogen (secondary N) is 1. The monoisotopic (exact) mass is 352 g/mol. The van der Waals surface area contributed by atoms with E-state index in [-0.39, 0.29) is 5.91 Å². The second-order valence-corrected chi connectivity index (χ2v) is 5.86. The maximum atomic E-state index is 12.3. The first-order valence-corrected chi connectivity index (χ1v) is 7.19. The van der Waals surface area contributed by atoms with E-state index >= 15 is 0 Å². The van der Waals surface area contributed by atoms with E-state index in [9.17, 15) is 4.79 Å². The predicted molar refractivity (Wildman–Crippen MR) is 87.4 cm³/mol. The van der Waals surface area contributed by atoms with E-state index in [2.05, 4.69) is 21.2 Å². The van der Waals surface area contributed by atoms with Gasteiger partial charge in [-0.05, 0) is 59.1 Å². The molecule has 3 N–H and O–H groups in total. The molecule has 0 saturated heterocycles. The van der Waals surface area contributed by atoms with Gasteiger partial charge in [-0.25, -0.2) is 0 Å². The van der Waals surface area contributed by atoms with Crippen LogP contribution in [0.5, 0.6) is 0 Å². The molecule has 0 saturated carbocycles. The molecule has 0 aromatic heterocycles. The van der Waals surface area contributed by atoms with Crippen LogP contribution in [-0.2, 0) is 0 Å². The average molecular weight is 354 g/mol. The second kappa shape index (κ2) is 5.85. The molecule has 3 nitrogen and oxygen atoms in total. The zero-order valence-electron chi connectivity index (χ0n) is 11.1. The van der Waals surface area contributed by atoms with Crippen molar-refractivity contribution in [1.29, 1.82) is 0 Å². The number of halogens is 2. The molecular formula is C15H14BrClN2O. The van der Waals surface area contributed by atoms with Gasteiger partial charge in [-0.1, -0.05) is 23.7 Å². The van der Waals surface area contributed by atoms with E-state index in [1.165, 1.54) is 0 Å². The zero-order valence-corrected chi connectivity index (χ0v) is 13.5. The number of aryl methyl sites for hydroxylation is 2. The number of carbonyl (C=O) groups excluding carboxylic acids is 1. The van der Waals surface area contributed by atoms with Crippen molar-refractivity contribution in [2.24, 2.45) is 0 Å². The minimum absolute atomic E-state index is 0.293. The van der Waals surface area contributed by atoms with Crippen molar-refractivity contribution in [2.45, 2.75) is 13.8 Å². The Balaban J connectivity index is 2.38. The summed E-state index contributed by atoms with van der Waals surface area (Å²) in [5.41, 5.74) is 9.28.